The molecule has 1 saturated heterocycles. The summed E-state index contributed by atoms with van der Waals surface area (Å²) in [7, 11) is 1.74. The van der Waals surface area contributed by atoms with Gasteiger partial charge in [-0.3, -0.25) is 14.7 Å². The molecule has 31 heavy (non-hydrogen) atoms. The molecule has 0 saturated carbocycles. The minimum Gasteiger partial charge on any atom is -0.339 e. The topological polar surface area (TPSA) is 93.1 Å². The molecule has 7 heteroatoms. The number of H-pyrrole nitrogens is 1. The van der Waals surface area contributed by atoms with Gasteiger partial charge < -0.3 is 9.80 Å². The summed E-state index contributed by atoms with van der Waals surface area (Å²) in [5.41, 5.74) is 3.26. The largest absolute Gasteiger partial charge is 0.339 e. The molecular formula is C24H23N5O2. The summed E-state index contributed by atoms with van der Waals surface area (Å²) in [6, 6.07) is 20.1. The second-order valence-corrected chi connectivity index (χ2v) is 7.66. The Balaban J connectivity index is 1.37. The molecule has 2 aromatic carbocycles. The molecule has 0 bridgehead atoms. The first-order valence-electron chi connectivity index (χ1n) is 10.2. The van der Waals surface area contributed by atoms with E-state index >= 15 is 0 Å². The number of nitrogens with one attached hydrogen (secondary N) is 1. The predicted molar refractivity (Wildman–Crippen MR) is 117 cm³/mol. The molecule has 0 radical (unpaired) electrons. The summed E-state index contributed by atoms with van der Waals surface area (Å²) >= 11 is 0. The van der Waals surface area contributed by atoms with Gasteiger partial charge in [0.05, 0.1) is 11.6 Å². The number of hydrogen-bond acceptors (Lipinski definition) is 4. The normalized spacial score (nSPS) is 14.1. The highest BCUT2D eigenvalue weighted by Gasteiger charge is 2.27. The smallest absolute Gasteiger partial charge is 0.278 e. The number of piperidine rings is 1. The third-order valence-electron chi connectivity index (χ3n) is 5.75. The molecule has 1 aliphatic heterocycles. The number of nitrogens with zero attached hydrogens (tertiary/aromatic N) is 4. The molecule has 1 fully saturated rings. The van der Waals surface area contributed by atoms with E-state index in [9.17, 15) is 9.59 Å². The Hall–Kier alpha value is -3.92. The van der Waals surface area contributed by atoms with Crippen molar-refractivity contribution < 1.29 is 9.59 Å². The van der Waals surface area contributed by atoms with Crippen LogP contribution < -0.4 is 4.90 Å². The van der Waals surface area contributed by atoms with E-state index in [0.29, 0.717) is 29.9 Å². The van der Waals surface area contributed by atoms with Crippen LogP contribution in [0.15, 0.2) is 60.7 Å². The lowest BCUT2D eigenvalue weighted by atomic mass is 9.93. The predicted octanol–water partition coefficient (Wildman–Crippen LogP) is 3.58. The lowest BCUT2D eigenvalue weighted by Gasteiger charge is -2.31. The van der Waals surface area contributed by atoms with E-state index in [4.69, 9.17) is 5.26 Å². The van der Waals surface area contributed by atoms with Gasteiger partial charge in [-0.1, -0.05) is 18.2 Å². The van der Waals surface area contributed by atoms with Gasteiger partial charge in [-0.15, -0.1) is 0 Å². The Morgan fingerprint density at radius 2 is 1.77 bits per heavy atom. The fourth-order valence-electron chi connectivity index (χ4n) is 3.86. The number of likely N-dealkylation sites (tertiary alicyclic amines) is 1. The van der Waals surface area contributed by atoms with E-state index in [2.05, 4.69) is 16.3 Å². The number of aromatic amines is 1. The Morgan fingerprint density at radius 1 is 1.10 bits per heavy atom. The summed E-state index contributed by atoms with van der Waals surface area (Å²) in [5, 5.41) is 16.2. The molecule has 0 atom stereocenters. The van der Waals surface area contributed by atoms with Gasteiger partial charge in [0.25, 0.3) is 11.8 Å². The molecule has 3 aromatic rings. The molecular weight excluding hydrogens is 390 g/mol. The van der Waals surface area contributed by atoms with Crippen molar-refractivity contribution in [3.63, 3.8) is 0 Å². The Bertz CT molecular complexity index is 1110. The molecule has 1 aliphatic rings. The number of hydrogen-bond donors (Lipinski definition) is 1. The Morgan fingerprint density at radius 3 is 2.42 bits per heavy atom. The molecule has 1 N–H and O–H groups in total. The minimum absolute atomic E-state index is 0.0205. The summed E-state index contributed by atoms with van der Waals surface area (Å²) in [4.78, 5) is 28.9. The number of anilines is 1. The molecule has 1 aromatic heterocycles. The van der Waals surface area contributed by atoms with Crippen molar-refractivity contribution in [2.45, 2.75) is 18.8 Å². The van der Waals surface area contributed by atoms with Crippen LogP contribution in [0.4, 0.5) is 5.69 Å². The summed E-state index contributed by atoms with van der Waals surface area (Å²) in [6.45, 7) is 1.27. The number of amides is 2. The number of rotatable bonds is 4. The average Bonchev–Trinajstić information content (AvgIpc) is 3.34. The maximum atomic E-state index is 12.8. The van der Waals surface area contributed by atoms with Gasteiger partial charge in [0.15, 0.2) is 5.69 Å². The number of carbonyl (C=O) groups is 2. The maximum absolute atomic E-state index is 12.8. The fourth-order valence-corrected chi connectivity index (χ4v) is 3.86. The number of para-hydroxylation sites is 1. The van der Waals surface area contributed by atoms with Gasteiger partial charge in [0.1, 0.15) is 0 Å². The molecule has 7 nitrogen and oxygen atoms in total. The molecule has 2 amide bonds. The van der Waals surface area contributed by atoms with Crippen molar-refractivity contribution >= 4 is 17.5 Å². The van der Waals surface area contributed by atoms with Crippen LogP contribution in [0.1, 0.15) is 50.9 Å². The molecule has 156 valence electrons. The van der Waals surface area contributed by atoms with Crippen molar-refractivity contribution in [1.82, 2.24) is 15.1 Å². The van der Waals surface area contributed by atoms with Crippen molar-refractivity contribution in [1.29, 1.82) is 5.26 Å². The van der Waals surface area contributed by atoms with Crippen molar-refractivity contribution in [2.24, 2.45) is 0 Å². The van der Waals surface area contributed by atoms with Crippen molar-refractivity contribution in [3.05, 3.63) is 83.2 Å². The van der Waals surface area contributed by atoms with E-state index in [-0.39, 0.29) is 17.7 Å². The van der Waals surface area contributed by atoms with Crippen LogP contribution in [-0.2, 0) is 0 Å². The third-order valence-corrected chi connectivity index (χ3v) is 5.75. The van der Waals surface area contributed by atoms with Crippen molar-refractivity contribution in [3.8, 4) is 6.07 Å². The van der Waals surface area contributed by atoms with E-state index in [1.807, 2.05) is 41.3 Å². The summed E-state index contributed by atoms with van der Waals surface area (Å²) < 4.78 is 0. The van der Waals surface area contributed by atoms with Crippen LogP contribution in [0.25, 0.3) is 0 Å². The zero-order chi connectivity index (χ0) is 21.8. The Labute approximate surface area is 180 Å². The number of carbonyl (C=O) groups excluding carboxylic acids is 2. The average molecular weight is 413 g/mol. The van der Waals surface area contributed by atoms with Crippen LogP contribution in [0.5, 0.6) is 0 Å². The Kier molecular flexibility index (Phi) is 5.80. The van der Waals surface area contributed by atoms with Crippen LogP contribution in [-0.4, -0.2) is 47.0 Å². The third kappa shape index (κ3) is 4.33. The number of aromatic nitrogens is 2. The monoisotopic (exact) mass is 413 g/mol. The SMILES string of the molecule is CN(C(=O)c1cc(C2CCN(C(=O)c3ccc(C#N)cc3)CC2)[nH]n1)c1ccccc1. The van der Waals surface area contributed by atoms with E-state index < -0.39 is 0 Å². The first kappa shape index (κ1) is 20.4. The molecule has 4 rings (SSSR count). The van der Waals surface area contributed by atoms with Crippen LogP contribution in [0.3, 0.4) is 0 Å². The zero-order valence-electron chi connectivity index (χ0n) is 17.3. The van der Waals surface area contributed by atoms with E-state index in [0.717, 1.165) is 24.2 Å². The molecule has 0 spiro atoms. The lowest BCUT2D eigenvalue weighted by Crippen LogP contribution is -2.38. The highest BCUT2D eigenvalue weighted by atomic mass is 16.2. The lowest BCUT2D eigenvalue weighted by molar-refractivity contribution is 0.0712. The minimum atomic E-state index is -0.165. The van der Waals surface area contributed by atoms with Crippen molar-refractivity contribution in [2.75, 3.05) is 25.0 Å². The standard InChI is InChI=1S/C24H23N5O2/c1-28(20-5-3-2-4-6-20)24(31)22-15-21(26-27-22)18-11-13-29(14-12-18)23(30)19-9-7-17(16-25)8-10-19/h2-10,15,18H,11-14H2,1H3,(H,26,27). The van der Waals surface area contributed by atoms with Crippen LogP contribution in [0, 0.1) is 11.3 Å². The van der Waals surface area contributed by atoms with Gasteiger partial charge in [-0.05, 0) is 55.3 Å². The van der Waals surface area contributed by atoms with Gasteiger partial charge in [-0.2, -0.15) is 10.4 Å². The quantitative estimate of drug-likeness (QED) is 0.707. The van der Waals surface area contributed by atoms with Gasteiger partial charge >= 0.3 is 0 Å². The second-order valence-electron chi connectivity index (χ2n) is 7.66. The summed E-state index contributed by atoms with van der Waals surface area (Å²) in [6.07, 6.45) is 1.60. The van der Waals surface area contributed by atoms with E-state index in [1.54, 1.807) is 36.2 Å². The molecule has 2 heterocycles. The van der Waals surface area contributed by atoms with Gasteiger partial charge in [-0.25, -0.2) is 0 Å². The number of nitriles is 1. The van der Waals surface area contributed by atoms with Crippen LogP contribution in [0.2, 0.25) is 0 Å². The first-order chi connectivity index (χ1) is 15.1. The molecule has 0 unspecified atom stereocenters. The number of benzene rings is 2. The zero-order valence-corrected chi connectivity index (χ0v) is 17.3. The summed E-state index contributed by atoms with van der Waals surface area (Å²) in [5.74, 6) is 0.0381. The van der Waals surface area contributed by atoms with Gasteiger partial charge in [0, 0.05) is 43.0 Å². The highest BCUT2D eigenvalue weighted by Crippen LogP contribution is 2.28. The van der Waals surface area contributed by atoms with Gasteiger partial charge in [0.2, 0.25) is 0 Å². The first-order valence-corrected chi connectivity index (χ1v) is 10.2. The van der Waals surface area contributed by atoms with Crippen LogP contribution >= 0.6 is 0 Å². The van der Waals surface area contributed by atoms with E-state index in [1.165, 1.54) is 0 Å². The highest BCUT2D eigenvalue weighted by molar-refractivity contribution is 6.04. The molecule has 0 aliphatic carbocycles. The fraction of sp³-hybridized carbons (Fsp3) is 0.250. The maximum Gasteiger partial charge on any atom is 0.278 e. The second kappa shape index (κ2) is 8.84.